The molecule has 3 aromatic rings. The van der Waals surface area contributed by atoms with Gasteiger partial charge in [-0.25, -0.2) is 4.79 Å². The molecule has 0 atom stereocenters. The average Bonchev–Trinajstić information content (AvgIpc) is 3.10. The Morgan fingerprint density at radius 3 is 2.57 bits per heavy atom. The standard InChI is InChI=1S/C22H19N3O3/c1-27-20-9-5-8-16(21(20)28-14-15-6-3-2-4-7-15)13-23-17-10-11-18-19(12-17)25-22(26)24-18/h2-12,23H,13-14H2,1H3. The first-order valence-corrected chi connectivity index (χ1v) is 8.91. The Bertz CT molecular complexity index is 1130. The third-order valence-corrected chi connectivity index (χ3v) is 4.40. The van der Waals surface area contributed by atoms with Crippen LogP contribution in [0.1, 0.15) is 11.1 Å². The molecule has 1 aliphatic rings. The number of ether oxygens (including phenoxy) is 2. The van der Waals surface area contributed by atoms with Crippen molar-refractivity contribution in [3.05, 3.63) is 88.6 Å². The highest BCUT2D eigenvalue weighted by Crippen LogP contribution is 2.32. The predicted octanol–water partition coefficient (Wildman–Crippen LogP) is 3.26. The number of urea groups is 1. The van der Waals surface area contributed by atoms with E-state index in [1.54, 1.807) is 13.2 Å². The number of anilines is 1. The maximum Gasteiger partial charge on any atom is 0.368 e. The fourth-order valence-electron chi connectivity index (χ4n) is 3.00. The molecule has 1 heterocycles. The number of benzene rings is 3. The van der Waals surface area contributed by atoms with Gasteiger partial charge >= 0.3 is 6.03 Å². The first-order chi connectivity index (χ1) is 13.7. The first-order valence-electron chi connectivity index (χ1n) is 8.91. The van der Waals surface area contributed by atoms with Crippen LogP contribution in [0.25, 0.3) is 0 Å². The van der Waals surface area contributed by atoms with Crippen LogP contribution in [0.2, 0.25) is 0 Å². The van der Waals surface area contributed by atoms with Gasteiger partial charge in [-0.2, -0.15) is 9.98 Å². The van der Waals surface area contributed by atoms with E-state index >= 15 is 0 Å². The molecule has 3 aromatic carbocycles. The molecule has 0 radical (unpaired) electrons. The van der Waals surface area contributed by atoms with Crippen molar-refractivity contribution < 1.29 is 14.3 Å². The Balaban J connectivity index is 1.53. The summed E-state index contributed by atoms with van der Waals surface area (Å²) in [6, 6.07) is 20.8. The van der Waals surface area contributed by atoms with Crippen LogP contribution in [0.5, 0.6) is 11.5 Å². The summed E-state index contributed by atoms with van der Waals surface area (Å²) in [5, 5.41) is 4.53. The SMILES string of the molecule is COc1cccc(CNc2ccc3c(c2)=NC(=O)N=3)c1OCc1ccccc1. The molecule has 28 heavy (non-hydrogen) atoms. The van der Waals surface area contributed by atoms with Gasteiger partial charge in [0.1, 0.15) is 6.61 Å². The second-order valence-electron chi connectivity index (χ2n) is 6.29. The van der Waals surface area contributed by atoms with Crippen molar-refractivity contribution in [3.63, 3.8) is 0 Å². The molecule has 6 nitrogen and oxygen atoms in total. The van der Waals surface area contributed by atoms with Crippen LogP contribution in [0.4, 0.5) is 10.5 Å². The van der Waals surface area contributed by atoms with Gasteiger partial charge in [0.2, 0.25) is 0 Å². The van der Waals surface area contributed by atoms with Gasteiger partial charge in [-0.05, 0) is 29.8 Å². The van der Waals surface area contributed by atoms with Crippen LogP contribution in [-0.2, 0) is 13.2 Å². The van der Waals surface area contributed by atoms with Gasteiger partial charge < -0.3 is 14.8 Å². The van der Waals surface area contributed by atoms with Gasteiger partial charge in [0, 0.05) is 17.8 Å². The summed E-state index contributed by atoms with van der Waals surface area (Å²) in [5.74, 6) is 1.39. The summed E-state index contributed by atoms with van der Waals surface area (Å²) in [7, 11) is 1.63. The van der Waals surface area contributed by atoms with E-state index in [-0.39, 0.29) is 0 Å². The number of nitrogens with zero attached hydrogens (tertiary/aromatic N) is 2. The zero-order valence-corrected chi connectivity index (χ0v) is 15.4. The zero-order valence-electron chi connectivity index (χ0n) is 15.4. The van der Waals surface area contributed by atoms with Crippen molar-refractivity contribution in [3.8, 4) is 11.5 Å². The van der Waals surface area contributed by atoms with Gasteiger partial charge in [-0.1, -0.05) is 42.5 Å². The normalized spacial score (nSPS) is 12.0. The highest BCUT2D eigenvalue weighted by Gasteiger charge is 2.12. The number of para-hydroxylation sites is 1. The molecule has 0 aromatic heterocycles. The van der Waals surface area contributed by atoms with Crippen molar-refractivity contribution in [1.82, 2.24) is 0 Å². The maximum absolute atomic E-state index is 11.3. The molecule has 0 fully saturated rings. The molecule has 1 N–H and O–H groups in total. The molecule has 0 saturated carbocycles. The van der Waals surface area contributed by atoms with Gasteiger partial charge in [-0.3, -0.25) is 0 Å². The number of fused-ring (bicyclic) bond motifs is 1. The molecule has 0 spiro atoms. The molecule has 0 unspecified atom stereocenters. The largest absolute Gasteiger partial charge is 0.493 e. The van der Waals surface area contributed by atoms with Crippen LogP contribution >= 0.6 is 0 Å². The second kappa shape index (κ2) is 7.92. The molecule has 0 bridgehead atoms. The van der Waals surface area contributed by atoms with Crippen LogP contribution < -0.4 is 25.5 Å². The Morgan fingerprint density at radius 2 is 1.75 bits per heavy atom. The Kier molecular flexibility index (Phi) is 5.01. The third kappa shape index (κ3) is 3.86. The fourth-order valence-corrected chi connectivity index (χ4v) is 3.00. The summed E-state index contributed by atoms with van der Waals surface area (Å²) >= 11 is 0. The lowest BCUT2D eigenvalue weighted by molar-refractivity contribution is 0.256. The lowest BCUT2D eigenvalue weighted by Gasteiger charge is -2.16. The third-order valence-electron chi connectivity index (χ3n) is 4.40. The summed E-state index contributed by atoms with van der Waals surface area (Å²) in [5.41, 5.74) is 2.90. The van der Waals surface area contributed by atoms with E-state index in [1.807, 2.05) is 60.7 Å². The minimum absolute atomic E-state index is 0.454. The number of amides is 2. The lowest BCUT2D eigenvalue weighted by Crippen LogP contribution is -2.21. The molecule has 4 rings (SSSR count). The fraction of sp³-hybridized carbons (Fsp3) is 0.136. The van der Waals surface area contributed by atoms with E-state index < -0.39 is 6.03 Å². The van der Waals surface area contributed by atoms with Crippen molar-refractivity contribution in [2.45, 2.75) is 13.2 Å². The van der Waals surface area contributed by atoms with Crippen molar-refractivity contribution in [1.29, 1.82) is 0 Å². The summed E-state index contributed by atoms with van der Waals surface area (Å²) in [6.07, 6.45) is 0. The highest BCUT2D eigenvalue weighted by atomic mass is 16.5. The average molecular weight is 373 g/mol. The summed E-state index contributed by atoms with van der Waals surface area (Å²) < 4.78 is 11.6. The van der Waals surface area contributed by atoms with Gasteiger partial charge in [0.05, 0.1) is 17.8 Å². The van der Waals surface area contributed by atoms with Gasteiger partial charge in [0.15, 0.2) is 11.5 Å². The monoisotopic (exact) mass is 373 g/mol. The van der Waals surface area contributed by atoms with Gasteiger partial charge in [0.25, 0.3) is 0 Å². The van der Waals surface area contributed by atoms with Crippen LogP contribution in [-0.4, -0.2) is 13.1 Å². The smallest absolute Gasteiger partial charge is 0.368 e. The van der Waals surface area contributed by atoms with E-state index in [4.69, 9.17) is 9.47 Å². The van der Waals surface area contributed by atoms with Crippen molar-refractivity contribution in [2.75, 3.05) is 12.4 Å². The quantitative estimate of drug-likeness (QED) is 0.690. The zero-order chi connectivity index (χ0) is 19.3. The van der Waals surface area contributed by atoms with Crippen LogP contribution in [0, 0.1) is 0 Å². The van der Waals surface area contributed by atoms with Crippen LogP contribution in [0.15, 0.2) is 76.7 Å². The lowest BCUT2D eigenvalue weighted by atomic mass is 10.1. The van der Waals surface area contributed by atoms with E-state index in [9.17, 15) is 4.79 Å². The topological polar surface area (TPSA) is 72.3 Å². The number of rotatable bonds is 7. The molecular formula is C22H19N3O3. The Labute approximate surface area is 162 Å². The highest BCUT2D eigenvalue weighted by molar-refractivity contribution is 5.77. The summed E-state index contributed by atoms with van der Waals surface area (Å²) in [4.78, 5) is 19.0. The van der Waals surface area contributed by atoms with E-state index in [0.717, 1.165) is 16.8 Å². The van der Waals surface area contributed by atoms with Crippen LogP contribution in [0.3, 0.4) is 0 Å². The Hall–Kier alpha value is -3.67. The molecular weight excluding hydrogens is 354 g/mol. The molecule has 140 valence electrons. The van der Waals surface area contributed by atoms with Crippen molar-refractivity contribution in [2.24, 2.45) is 9.98 Å². The number of carbonyl (C=O) groups is 1. The Morgan fingerprint density at radius 1 is 0.929 bits per heavy atom. The van der Waals surface area contributed by atoms with E-state index in [0.29, 0.717) is 35.4 Å². The number of carbonyl (C=O) groups excluding carboxylic acids is 1. The van der Waals surface area contributed by atoms with Crippen molar-refractivity contribution >= 4 is 11.7 Å². The number of nitrogens with one attached hydrogen (secondary N) is 1. The number of hydrogen-bond acceptors (Lipinski definition) is 4. The molecule has 2 amide bonds. The molecule has 0 aliphatic carbocycles. The minimum Gasteiger partial charge on any atom is -0.493 e. The van der Waals surface area contributed by atoms with E-state index in [1.165, 1.54) is 0 Å². The predicted molar refractivity (Wildman–Crippen MR) is 105 cm³/mol. The molecule has 0 saturated heterocycles. The van der Waals surface area contributed by atoms with Gasteiger partial charge in [-0.15, -0.1) is 0 Å². The first kappa shape index (κ1) is 17.7. The molecule has 6 heteroatoms. The number of hydrogen-bond donors (Lipinski definition) is 1. The molecule has 1 aliphatic heterocycles. The second-order valence-corrected chi connectivity index (χ2v) is 6.29. The summed E-state index contributed by atoms with van der Waals surface area (Å²) in [6.45, 7) is 0.987. The number of methoxy groups -OCH3 is 1. The maximum atomic E-state index is 11.3. The van der Waals surface area contributed by atoms with E-state index in [2.05, 4.69) is 15.3 Å². The minimum atomic E-state index is -0.462.